The predicted octanol–water partition coefficient (Wildman–Crippen LogP) is 4.32. The molecule has 0 saturated carbocycles. The molecule has 3 aromatic rings. The molecular formula is C30H35FN4O6S. The molecule has 3 amide bonds. The van der Waals surface area contributed by atoms with Gasteiger partial charge < -0.3 is 25.4 Å². The van der Waals surface area contributed by atoms with Crippen LogP contribution in [0.15, 0.2) is 71.6 Å². The Morgan fingerprint density at radius 2 is 1.71 bits per heavy atom. The minimum Gasteiger partial charge on any atom is -0.488 e. The Morgan fingerprint density at radius 1 is 1.10 bits per heavy atom. The Morgan fingerprint density at radius 3 is 2.36 bits per heavy atom. The van der Waals surface area contributed by atoms with Crippen LogP contribution in [-0.2, 0) is 10.0 Å². The number of ether oxygens (including phenoxy) is 1. The van der Waals surface area contributed by atoms with Crippen LogP contribution >= 0.6 is 0 Å². The number of carbonyl (C=O) groups excluding carboxylic acids is 2. The molecule has 1 aliphatic heterocycles. The highest BCUT2D eigenvalue weighted by atomic mass is 32.2. The maximum Gasteiger partial charge on any atom is 0.323 e. The van der Waals surface area contributed by atoms with Crippen molar-refractivity contribution in [2.45, 2.75) is 37.8 Å². The van der Waals surface area contributed by atoms with E-state index in [-0.39, 0.29) is 41.8 Å². The van der Waals surface area contributed by atoms with Crippen molar-refractivity contribution in [3.63, 3.8) is 0 Å². The lowest BCUT2D eigenvalue weighted by Crippen LogP contribution is -2.50. The van der Waals surface area contributed by atoms with Gasteiger partial charge in [0.25, 0.3) is 5.91 Å². The molecule has 0 unspecified atom stereocenters. The fourth-order valence-corrected chi connectivity index (χ4v) is 5.77. The smallest absolute Gasteiger partial charge is 0.323 e. The summed E-state index contributed by atoms with van der Waals surface area (Å²) in [5.74, 6) is -0.919. The highest BCUT2D eigenvalue weighted by molar-refractivity contribution is 7.89. The number of rotatable bonds is 8. The fourth-order valence-electron chi connectivity index (χ4n) is 4.59. The molecule has 0 spiro atoms. The van der Waals surface area contributed by atoms with E-state index in [1.54, 1.807) is 43.3 Å². The first kappa shape index (κ1) is 30.9. The van der Waals surface area contributed by atoms with Crippen molar-refractivity contribution in [1.82, 2.24) is 9.21 Å². The van der Waals surface area contributed by atoms with Crippen LogP contribution in [-0.4, -0.2) is 73.6 Å². The maximum atomic E-state index is 13.7. The molecule has 0 fully saturated rings. The SMILES string of the molecule is Cc1ccc(S(=O)(=O)N(C)C[C@@H]2Oc3ccc(NC(=O)Nc4ccc(F)cc4)cc3C(=O)N([C@H](C)CO)C[C@H]2C)cc1. The van der Waals surface area contributed by atoms with Crippen molar-refractivity contribution in [2.75, 3.05) is 37.4 Å². The lowest BCUT2D eigenvalue weighted by Gasteiger charge is -2.38. The van der Waals surface area contributed by atoms with E-state index >= 15 is 0 Å². The number of urea groups is 1. The number of halogens is 1. The van der Waals surface area contributed by atoms with Crippen LogP contribution in [0.1, 0.15) is 29.8 Å². The fraction of sp³-hybridized carbons (Fsp3) is 0.333. The first-order valence-corrected chi connectivity index (χ1v) is 14.9. The van der Waals surface area contributed by atoms with E-state index in [1.807, 2.05) is 13.8 Å². The molecule has 224 valence electrons. The molecule has 0 aliphatic carbocycles. The first-order valence-electron chi connectivity index (χ1n) is 13.5. The number of nitrogens with one attached hydrogen (secondary N) is 2. The first-order chi connectivity index (χ1) is 19.9. The number of aliphatic hydroxyl groups excluding tert-OH is 1. The Hall–Kier alpha value is -4.00. The average Bonchev–Trinajstić information content (AvgIpc) is 2.96. The second-order valence-corrected chi connectivity index (χ2v) is 12.6. The quantitative estimate of drug-likeness (QED) is 0.354. The van der Waals surface area contributed by atoms with Gasteiger partial charge in [-0.1, -0.05) is 24.6 Å². The molecular weight excluding hydrogens is 563 g/mol. The number of likely N-dealkylation sites (N-methyl/N-ethyl adjacent to an activating group) is 1. The van der Waals surface area contributed by atoms with Gasteiger partial charge in [0.15, 0.2) is 0 Å². The van der Waals surface area contributed by atoms with E-state index in [0.29, 0.717) is 11.4 Å². The number of benzene rings is 3. The predicted molar refractivity (Wildman–Crippen MR) is 158 cm³/mol. The Labute approximate surface area is 245 Å². The molecule has 4 rings (SSSR count). The molecule has 1 aliphatic rings. The third-order valence-corrected chi connectivity index (χ3v) is 9.03. The third-order valence-electron chi connectivity index (χ3n) is 7.19. The van der Waals surface area contributed by atoms with Crippen molar-refractivity contribution >= 4 is 33.3 Å². The molecule has 3 atom stereocenters. The summed E-state index contributed by atoms with van der Waals surface area (Å²) in [6, 6.07) is 15.3. The number of carbonyl (C=O) groups is 2. The molecule has 0 radical (unpaired) electrons. The second-order valence-electron chi connectivity index (χ2n) is 10.5. The van der Waals surface area contributed by atoms with Gasteiger partial charge in [0.1, 0.15) is 17.7 Å². The van der Waals surface area contributed by atoms with E-state index in [9.17, 15) is 27.5 Å². The van der Waals surface area contributed by atoms with E-state index in [0.717, 1.165) is 5.56 Å². The number of anilines is 2. The number of sulfonamides is 1. The van der Waals surface area contributed by atoms with Crippen molar-refractivity contribution in [2.24, 2.45) is 5.92 Å². The second kappa shape index (κ2) is 12.9. The van der Waals surface area contributed by atoms with E-state index in [1.165, 1.54) is 46.6 Å². The summed E-state index contributed by atoms with van der Waals surface area (Å²) in [5.41, 5.74) is 1.76. The van der Waals surface area contributed by atoms with Gasteiger partial charge in [-0.3, -0.25) is 4.79 Å². The minimum absolute atomic E-state index is 0.00638. The van der Waals surface area contributed by atoms with Gasteiger partial charge >= 0.3 is 6.03 Å². The Kier molecular flexibility index (Phi) is 9.50. The zero-order chi connectivity index (χ0) is 30.6. The molecule has 0 bridgehead atoms. The van der Waals surface area contributed by atoms with Crippen LogP contribution in [0.5, 0.6) is 5.75 Å². The average molecular weight is 599 g/mol. The number of aliphatic hydroxyl groups is 1. The summed E-state index contributed by atoms with van der Waals surface area (Å²) >= 11 is 0. The van der Waals surface area contributed by atoms with Crippen molar-refractivity contribution in [3.05, 3.63) is 83.7 Å². The Balaban J connectivity index is 1.61. The minimum atomic E-state index is -3.81. The molecule has 0 aromatic heterocycles. The summed E-state index contributed by atoms with van der Waals surface area (Å²) in [5, 5.41) is 15.1. The van der Waals surface area contributed by atoms with Gasteiger partial charge in [-0.05, 0) is 68.4 Å². The van der Waals surface area contributed by atoms with Gasteiger partial charge in [-0.15, -0.1) is 0 Å². The summed E-state index contributed by atoms with van der Waals surface area (Å²) in [6.07, 6.45) is -0.643. The molecule has 42 heavy (non-hydrogen) atoms. The highest BCUT2D eigenvalue weighted by Crippen LogP contribution is 2.31. The molecule has 3 aromatic carbocycles. The largest absolute Gasteiger partial charge is 0.488 e. The number of fused-ring (bicyclic) bond motifs is 1. The topological polar surface area (TPSA) is 128 Å². The molecule has 12 heteroatoms. The summed E-state index contributed by atoms with van der Waals surface area (Å²) in [7, 11) is -2.33. The van der Waals surface area contributed by atoms with Gasteiger partial charge in [0.05, 0.1) is 29.7 Å². The third kappa shape index (κ3) is 7.07. The van der Waals surface area contributed by atoms with Crippen LogP contribution < -0.4 is 15.4 Å². The van der Waals surface area contributed by atoms with E-state index in [4.69, 9.17) is 4.74 Å². The van der Waals surface area contributed by atoms with Crippen molar-refractivity contribution < 1.29 is 32.2 Å². The monoisotopic (exact) mass is 598 g/mol. The van der Waals surface area contributed by atoms with Gasteiger partial charge in [0.2, 0.25) is 10.0 Å². The zero-order valence-corrected chi connectivity index (χ0v) is 24.7. The Bertz CT molecular complexity index is 1530. The van der Waals surface area contributed by atoms with Crippen molar-refractivity contribution in [1.29, 1.82) is 0 Å². The van der Waals surface area contributed by atoms with Crippen LogP contribution in [0.3, 0.4) is 0 Å². The molecule has 1 heterocycles. The number of amides is 3. The lowest BCUT2D eigenvalue weighted by atomic mass is 9.99. The van der Waals surface area contributed by atoms with E-state index < -0.39 is 39.9 Å². The lowest BCUT2D eigenvalue weighted by molar-refractivity contribution is 0.0387. The van der Waals surface area contributed by atoms with Crippen LogP contribution in [0.2, 0.25) is 0 Å². The number of hydrogen-bond donors (Lipinski definition) is 3. The van der Waals surface area contributed by atoms with Gasteiger partial charge in [-0.2, -0.15) is 4.31 Å². The standard InChI is InChI=1S/C30H35FN4O6S/c1-19-5-12-25(13-6-19)42(39,40)34(4)17-28-20(2)16-35(21(3)18-36)29(37)26-15-24(11-14-27(26)41-28)33-30(38)32-23-9-7-22(31)8-10-23/h5-15,20-21,28,36H,16-18H2,1-4H3,(H2,32,33,38)/t20-,21-,28+/m1/s1. The number of hydrogen-bond acceptors (Lipinski definition) is 6. The summed E-state index contributed by atoms with van der Waals surface area (Å²) < 4.78 is 47.3. The van der Waals surface area contributed by atoms with Gasteiger partial charge in [0, 0.05) is 30.9 Å². The van der Waals surface area contributed by atoms with Crippen LogP contribution in [0.25, 0.3) is 0 Å². The zero-order valence-electron chi connectivity index (χ0n) is 23.9. The van der Waals surface area contributed by atoms with Crippen LogP contribution in [0, 0.1) is 18.7 Å². The summed E-state index contributed by atoms with van der Waals surface area (Å²) in [4.78, 5) is 27.9. The molecule has 3 N–H and O–H groups in total. The number of nitrogens with zero attached hydrogens (tertiary/aromatic N) is 2. The maximum absolute atomic E-state index is 13.7. The van der Waals surface area contributed by atoms with Gasteiger partial charge in [-0.25, -0.2) is 17.6 Å². The van der Waals surface area contributed by atoms with Crippen molar-refractivity contribution in [3.8, 4) is 5.75 Å². The normalized spacial score (nSPS) is 18.0. The van der Waals surface area contributed by atoms with E-state index in [2.05, 4.69) is 10.6 Å². The number of aryl methyl sites for hydroxylation is 1. The molecule has 10 nitrogen and oxygen atoms in total. The van der Waals surface area contributed by atoms with Crippen LogP contribution in [0.4, 0.5) is 20.6 Å². The molecule has 0 saturated heterocycles. The highest BCUT2D eigenvalue weighted by Gasteiger charge is 2.35. The summed E-state index contributed by atoms with van der Waals surface area (Å²) in [6.45, 7) is 5.38.